The molecule has 2 aromatic rings. The first-order valence-electron chi connectivity index (χ1n) is 19.9. The number of allylic oxidation sites excluding steroid dienone is 1. The van der Waals surface area contributed by atoms with Crippen LogP contribution < -0.4 is 15.4 Å². The molecule has 2 aliphatic carbocycles. The highest BCUT2D eigenvalue weighted by Crippen LogP contribution is 2.47. The summed E-state index contributed by atoms with van der Waals surface area (Å²) in [6.07, 6.45) is 8.17. The summed E-state index contributed by atoms with van der Waals surface area (Å²) >= 11 is 0. The first-order chi connectivity index (χ1) is 26.2. The highest BCUT2D eigenvalue weighted by molar-refractivity contribution is 7.91. The van der Waals surface area contributed by atoms with E-state index in [-0.39, 0.29) is 42.7 Å². The average Bonchev–Trinajstić information content (AvgIpc) is 4.03. The number of ether oxygens (including phenoxy) is 1. The number of likely N-dealkylation sites (tertiary alicyclic amines) is 1. The summed E-state index contributed by atoms with van der Waals surface area (Å²) in [5.74, 6) is -1.62. The van der Waals surface area contributed by atoms with E-state index in [0.29, 0.717) is 32.1 Å². The largest absolute Gasteiger partial charge is 0.444 e. The highest BCUT2D eigenvalue weighted by atomic mass is 32.2. The molecule has 12 nitrogen and oxygen atoms in total. The van der Waals surface area contributed by atoms with E-state index in [4.69, 9.17) is 4.74 Å². The van der Waals surface area contributed by atoms with Crippen LogP contribution in [0.2, 0.25) is 0 Å². The van der Waals surface area contributed by atoms with Gasteiger partial charge in [0.1, 0.15) is 23.2 Å². The molecular formula is C42H55N5O7S. The summed E-state index contributed by atoms with van der Waals surface area (Å²) in [5, 5.41) is 5.22. The van der Waals surface area contributed by atoms with Gasteiger partial charge in [-0.05, 0) is 76.8 Å². The van der Waals surface area contributed by atoms with Gasteiger partial charge in [-0.25, -0.2) is 13.2 Å². The minimum Gasteiger partial charge on any atom is -0.444 e. The number of sulfonamides is 1. The van der Waals surface area contributed by atoms with E-state index in [0.717, 1.165) is 32.4 Å². The Bertz CT molecular complexity index is 1830. The van der Waals surface area contributed by atoms with E-state index in [9.17, 15) is 27.6 Å². The van der Waals surface area contributed by atoms with Crippen molar-refractivity contribution in [2.24, 2.45) is 5.92 Å². The van der Waals surface area contributed by atoms with Crippen LogP contribution in [0, 0.1) is 5.92 Å². The monoisotopic (exact) mass is 773 g/mol. The number of benzene rings is 2. The van der Waals surface area contributed by atoms with Crippen LogP contribution >= 0.6 is 0 Å². The van der Waals surface area contributed by atoms with Crippen LogP contribution in [-0.4, -0.2) is 96.2 Å². The van der Waals surface area contributed by atoms with Gasteiger partial charge in [0.15, 0.2) is 0 Å². The van der Waals surface area contributed by atoms with Gasteiger partial charge in [0.05, 0.1) is 5.25 Å². The van der Waals surface area contributed by atoms with E-state index >= 15 is 0 Å². The van der Waals surface area contributed by atoms with Crippen molar-refractivity contribution in [3.05, 3.63) is 83.9 Å². The van der Waals surface area contributed by atoms with Crippen molar-refractivity contribution in [1.82, 2.24) is 25.2 Å². The number of fused-ring (bicyclic) bond motifs is 2. The molecule has 2 saturated carbocycles. The second kappa shape index (κ2) is 15.7. The Labute approximate surface area is 324 Å². The predicted octanol–water partition coefficient (Wildman–Crippen LogP) is 4.74. The molecule has 296 valence electrons. The third kappa shape index (κ3) is 8.93. The van der Waals surface area contributed by atoms with Crippen LogP contribution in [0.15, 0.2) is 72.8 Å². The molecule has 5 aliphatic rings. The van der Waals surface area contributed by atoms with E-state index in [1.165, 1.54) is 11.1 Å². The third-order valence-electron chi connectivity index (χ3n) is 11.9. The van der Waals surface area contributed by atoms with Crippen LogP contribution in [0.1, 0.15) is 102 Å². The maximum Gasteiger partial charge on any atom is 0.408 e. The molecule has 4 fully saturated rings. The molecule has 2 saturated heterocycles. The van der Waals surface area contributed by atoms with Crippen LogP contribution in [-0.2, 0) is 29.1 Å². The topological polar surface area (TPSA) is 154 Å². The first-order valence-corrected chi connectivity index (χ1v) is 21.5. The molecule has 2 aromatic carbocycles. The average molecular weight is 774 g/mol. The molecule has 7 atom stereocenters. The fourth-order valence-corrected chi connectivity index (χ4v) is 10.1. The van der Waals surface area contributed by atoms with E-state index < -0.39 is 56.4 Å². The lowest BCUT2D eigenvalue weighted by molar-refractivity contribution is -0.141. The Balaban J connectivity index is 1.19. The summed E-state index contributed by atoms with van der Waals surface area (Å²) in [7, 11) is -3.86. The van der Waals surface area contributed by atoms with Crippen molar-refractivity contribution >= 4 is 33.8 Å². The molecule has 3 aliphatic heterocycles. The maximum absolute atomic E-state index is 14.7. The number of hydrogen-bond acceptors (Lipinski definition) is 8. The van der Waals surface area contributed by atoms with Gasteiger partial charge in [-0.1, -0.05) is 85.7 Å². The molecule has 7 rings (SSSR count). The standard InChI is InChI=1S/C42H55N5O7S/c1-41(2,3)54-40(51)43-35-20-14-6-4-5-13-19-30-24-42(30,39(50)45-55(52,53)32-21-22-32)44-37(48)36-23-31(25-47(36)38(35)49)46-26-33(28-15-9-7-10-16-28)34(27-46)29-17-11-8-12-18-29/h7-13,15-19,30-36H,4-6,14,20-27H2,1-3H3,(H,43,51)(H,44,48)(H,45,50)/b19-13+/t30?,31-,33-,34+,35?,36?,42?/m1/s1. The fraction of sp³-hybridized carbons (Fsp3) is 0.571. The van der Waals surface area contributed by atoms with E-state index in [2.05, 4.69) is 68.8 Å². The lowest BCUT2D eigenvalue weighted by Gasteiger charge is -2.30. The number of carbonyl (C=O) groups is 4. The predicted molar refractivity (Wildman–Crippen MR) is 208 cm³/mol. The van der Waals surface area contributed by atoms with Crippen LogP contribution in [0.4, 0.5) is 4.79 Å². The van der Waals surface area contributed by atoms with Gasteiger partial charge in [0, 0.05) is 43.4 Å². The van der Waals surface area contributed by atoms with Gasteiger partial charge in [-0.15, -0.1) is 0 Å². The minimum absolute atomic E-state index is 0.185. The van der Waals surface area contributed by atoms with Gasteiger partial charge < -0.3 is 20.3 Å². The van der Waals surface area contributed by atoms with Crippen LogP contribution in [0.5, 0.6) is 0 Å². The molecule has 0 aromatic heterocycles. The second-order valence-corrected chi connectivity index (χ2v) is 19.1. The Kier molecular flexibility index (Phi) is 11.2. The van der Waals surface area contributed by atoms with Gasteiger partial charge in [0.2, 0.25) is 21.8 Å². The summed E-state index contributed by atoms with van der Waals surface area (Å²) < 4.78 is 33.7. The minimum atomic E-state index is -3.86. The molecule has 3 N–H and O–H groups in total. The molecule has 0 bridgehead atoms. The zero-order chi connectivity index (χ0) is 39.0. The van der Waals surface area contributed by atoms with Crippen LogP contribution in [0.3, 0.4) is 0 Å². The summed E-state index contributed by atoms with van der Waals surface area (Å²) in [6, 6.07) is 18.8. The number of nitrogens with one attached hydrogen (secondary N) is 3. The Morgan fingerprint density at radius 2 is 1.51 bits per heavy atom. The fourth-order valence-electron chi connectivity index (χ4n) is 8.70. The normalized spacial score (nSPS) is 31.2. The number of rotatable bonds is 7. The number of amides is 4. The zero-order valence-corrected chi connectivity index (χ0v) is 32.9. The summed E-state index contributed by atoms with van der Waals surface area (Å²) in [6.45, 7) is 6.99. The second-order valence-electron chi connectivity index (χ2n) is 17.1. The smallest absolute Gasteiger partial charge is 0.408 e. The molecule has 3 heterocycles. The molecule has 4 unspecified atom stereocenters. The van der Waals surface area contributed by atoms with Crippen molar-refractivity contribution in [2.45, 2.75) is 125 Å². The number of nitrogens with zero attached hydrogens (tertiary/aromatic N) is 2. The third-order valence-corrected chi connectivity index (χ3v) is 13.7. The zero-order valence-electron chi connectivity index (χ0n) is 32.1. The van der Waals surface area contributed by atoms with Crippen molar-refractivity contribution in [3.8, 4) is 0 Å². The Morgan fingerprint density at radius 3 is 2.11 bits per heavy atom. The van der Waals surface area contributed by atoms with Crippen LogP contribution in [0.25, 0.3) is 0 Å². The quantitative estimate of drug-likeness (QED) is 0.342. The van der Waals surface area contributed by atoms with Gasteiger partial charge in [0.25, 0.3) is 5.91 Å². The van der Waals surface area contributed by atoms with Crippen molar-refractivity contribution in [1.29, 1.82) is 0 Å². The van der Waals surface area contributed by atoms with Crippen molar-refractivity contribution < 1.29 is 32.3 Å². The maximum atomic E-state index is 14.7. The van der Waals surface area contributed by atoms with E-state index in [1.54, 1.807) is 25.7 Å². The Hall–Kier alpha value is -4.23. The first kappa shape index (κ1) is 39.0. The summed E-state index contributed by atoms with van der Waals surface area (Å²) in [4.78, 5) is 60.2. The Morgan fingerprint density at radius 1 is 0.873 bits per heavy atom. The number of hydrogen-bond donors (Lipinski definition) is 3. The molecular weight excluding hydrogens is 719 g/mol. The van der Waals surface area contributed by atoms with E-state index in [1.807, 2.05) is 24.3 Å². The van der Waals surface area contributed by atoms with Gasteiger partial charge in [-0.3, -0.25) is 24.0 Å². The lowest BCUT2D eigenvalue weighted by atomic mass is 9.84. The summed E-state index contributed by atoms with van der Waals surface area (Å²) in [5.41, 5.74) is 0.234. The molecule has 13 heteroatoms. The number of alkyl carbamates (subject to hydrolysis) is 1. The van der Waals surface area contributed by atoms with Gasteiger partial charge in [-0.2, -0.15) is 0 Å². The molecule has 0 radical (unpaired) electrons. The highest BCUT2D eigenvalue weighted by Gasteiger charge is 2.62. The lowest BCUT2D eigenvalue weighted by Crippen LogP contribution is -2.58. The SMILES string of the molecule is CC(C)(C)OC(=O)NC1CCCCC/C=C/C2CC2(C(=O)NS(=O)(=O)C2CC2)NC(=O)C2C[C@@H](N3C[C@H](c4ccccc4)[C@H](c4ccccc4)C3)CN2C1=O. The molecule has 55 heavy (non-hydrogen) atoms. The molecule has 0 spiro atoms. The van der Waals surface area contributed by atoms with Crippen molar-refractivity contribution in [3.63, 3.8) is 0 Å². The molecule has 4 amide bonds. The van der Waals surface area contributed by atoms with Crippen molar-refractivity contribution in [2.75, 3.05) is 19.6 Å². The number of carbonyl (C=O) groups excluding carboxylic acids is 4. The van der Waals surface area contributed by atoms with Gasteiger partial charge >= 0.3 is 6.09 Å².